The average Bonchev–Trinajstić information content (AvgIpc) is 3.34. The van der Waals surface area contributed by atoms with Crippen LogP contribution in [0.25, 0.3) is 11.1 Å². The average molecular weight is 1120 g/mol. The van der Waals surface area contributed by atoms with E-state index in [1.807, 2.05) is 77.0 Å². The van der Waals surface area contributed by atoms with Gasteiger partial charge in [-0.2, -0.15) is 25.3 Å². The van der Waals surface area contributed by atoms with E-state index in [1.54, 1.807) is 36.7 Å². The van der Waals surface area contributed by atoms with Gasteiger partial charge in [-0.15, -0.1) is 0 Å². The molecule has 0 fully saturated rings. The van der Waals surface area contributed by atoms with E-state index in [-0.39, 0.29) is 16.1 Å². The Bertz CT molecular complexity index is 3670. The van der Waals surface area contributed by atoms with Crippen molar-refractivity contribution in [3.05, 3.63) is 200 Å². The van der Waals surface area contributed by atoms with Crippen molar-refractivity contribution in [1.29, 1.82) is 0 Å². The summed E-state index contributed by atoms with van der Waals surface area (Å²) in [4.78, 5) is -1.81. The van der Waals surface area contributed by atoms with Crippen LogP contribution in [-0.2, 0) is 63.2 Å². The molecule has 6 aromatic carbocycles. The molecule has 0 aliphatic carbocycles. The molecule has 0 atom stereocenters. The molecule has 24 heteroatoms. The Morgan fingerprint density at radius 1 is 0.356 bits per heavy atom. The SMILES string of the molecule is Cc1ccc([PH](C[n+]2ccc(-c3cc[n+](C[P+](c4ccc(S(=O)(=O)O)cc4)(c4ccc(S(=O)(=O)O)cc4)c4ccc(S(=O)(=O)O)cc4)cc3)cc2)(c2ccc(S(=O)(=O)O)cc2)c2ccc(S(=O)(=O)O)cc2)cc1. The van der Waals surface area contributed by atoms with E-state index in [2.05, 4.69) is 0 Å². The zero-order valence-corrected chi connectivity index (χ0v) is 44.1. The van der Waals surface area contributed by atoms with E-state index < -0.39 is 79.8 Å². The van der Waals surface area contributed by atoms with Crippen LogP contribution in [0.5, 0.6) is 0 Å². The van der Waals surface area contributed by atoms with Crippen molar-refractivity contribution >= 4 is 96.9 Å². The Morgan fingerprint density at radius 3 is 0.877 bits per heavy atom. The van der Waals surface area contributed by atoms with Gasteiger partial charge in [0.25, 0.3) is 30.4 Å². The van der Waals surface area contributed by atoms with Gasteiger partial charge in [0.15, 0.2) is 0 Å². The molecular formula is C49H45N2O15P2S5+3. The molecule has 0 unspecified atom stereocenters. The quantitative estimate of drug-likeness (QED) is 0.0517. The van der Waals surface area contributed by atoms with E-state index in [1.165, 1.54) is 97.1 Å². The van der Waals surface area contributed by atoms with Gasteiger partial charge in [0, 0.05) is 0 Å². The Hall–Kier alpha value is -5.97. The van der Waals surface area contributed by atoms with Crippen LogP contribution in [0, 0.1) is 6.92 Å². The third kappa shape index (κ3) is 11.4. The van der Waals surface area contributed by atoms with Gasteiger partial charge in [-0.3, -0.25) is 13.7 Å². The van der Waals surface area contributed by atoms with Crippen LogP contribution in [0.2, 0.25) is 0 Å². The Morgan fingerprint density at radius 2 is 0.603 bits per heavy atom. The third-order valence-electron chi connectivity index (χ3n) is 12.5. The van der Waals surface area contributed by atoms with Gasteiger partial charge in [0.1, 0.15) is 0 Å². The molecule has 2 heterocycles. The van der Waals surface area contributed by atoms with E-state index in [0.29, 0.717) is 22.2 Å². The second kappa shape index (κ2) is 20.0. The van der Waals surface area contributed by atoms with Crippen molar-refractivity contribution in [3.63, 3.8) is 0 Å². The molecule has 5 N–H and O–H groups in total. The van der Waals surface area contributed by atoms with Gasteiger partial charge >= 0.3 is 269 Å². The minimum absolute atomic E-state index is 0.117. The van der Waals surface area contributed by atoms with Crippen molar-refractivity contribution in [2.75, 3.05) is 0 Å². The fraction of sp³-hybridized carbons (Fsp3) is 0.0612. The summed E-state index contributed by atoms with van der Waals surface area (Å²) in [6.07, 6.45) is 7.74. The normalized spacial score (nSPS) is 13.1. The van der Waals surface area contributed by atoms with E-state index in [4.69, 9.17) is 0 Å². The summed E-state index contributed by atoms with van der Waals surface area (Å²) in [6, 6.07) is 43.3. The van der Waals surface area contributed by atoms with Gasteiger partial charge in [0.05, 0.1) is 14.7 Å². The number of benzene rings is 6. The Labute approximate surface area is 423 Å². The van der Waals surface area contributed by atoms with Crippen molar-refractivity contribution < 1.29 is 74.0 Å². The molecule has 0 bridgehead atoms. The van der Waals surface area contributed by atoms with Crippen LogP contribution >= 0.6 is 14.5 Å². The van der Waals surface area contributed by atoms with E-state index >= 15 is 0 Å². The van der Waals surface area contributed by atoms with Crippen LogP contribution in [0.4, 0.5) is 0 Å². The second-order valence-corrected chi connectivity index (χ2v) is 31.4. The number of aryl methyl sites for hydroxylation is 1. The molecule has 8 rings (SSSR count). The van der Waals surface area contributed by atoms with Crippen LogP contribution < -0.4 is 41.0 Å². The zero-order chi connectivity index (χ0) is 52.8. The van der Waals surface area contributed by atoms with Crippen molar-refractivity contribution in [3.8, 4) is 11.1 Å². The van der Waals surface area contributed by atoms with Crippen molar-refractivity contribution in [2.45, 2.75) is 44.0 Å². The Balaban J connectivity index is 1.21. The first-order chi connectivity index (χ1) is 34.2. The van der Waals surface area contributed by atoms with E-state index in [0.717, 1.165) is 32.6 Å². The number of hydrogen-bond donors (Lipinski definition) is 5. The van der Waals surface area contributed by atoms with Crippen molar-refractivity contribution in [2.24, 2.45) is 0 Å². The molecule has 73 heavy (non-hydrogen) atoms. The molecule has 0 radical (unpaired) electrons. The van der Waals surface area contributed by atoms with Gasteiger partial charge in [-0.25, -0.2) is 0 Å². The summed E-state index contributed by atoms with van der Waals surface area (Å²) in [6.45, 7) is 1.93. The molecule has 0 amide bonds. The fourth-order valence-corrected chi connectivity index (χ4v) is 19.7. The Kier molecular flexibility index (Phi) is 14.6. The first-order valence-electron chi connectivity index (χ1n) is 21.5. The van der Waals surface area contributed by atoms with Crippen LogP contribution in [0.1, 0.15) is 5.56 Å². The summed E-state index contributed by atoms with van der Waals surface area (Å²) in [7, 11) is -29.4. The molecule has 17 nitrogen and oxygen atoms in total. The molecule has 0 aliphatic rings. The minimum atomic E-state index is -4.63. The number of nitrogens with zero attached hydrogens (tertiary/aromatic N) is 2. The summed E-state index contributed by atoms with van der Waals surface area (Å²) >= 11 is 0. The maximum absolute atomic E-state index is 12.1. The number of hydrogen-bond acceptors (Lipinski definition) is 10. The summed E-state index contributed by atoms with van der Waals surface area (Å²) in [5.74, 6) is 0. The molecule has 8 aromatic rings. The van der Waals surface area contributed by atoms with Crippen LogP contribution in [0.15, 0.2) is 219 Å². The molecular weight excluding hydrogens is 1080 g/mol. The topological polar surface area (TPSA) is 280 Å². The first kappa shape index (κ1) is 53.3. The number of aromatic nitrogens is 2. The molecule has 0 aliphatic heterocycles. The van der Waals surface area contributed by atoms with E-state index in [9.17, 15) is 64.9 Å². The zero-order valence-electron chi connectivity index (χ0n) is 38.1. The van der Waals surface area contributed by atoms with Crippen molar-refractivity contribution in [1.82, 2.24) is 0 Å². The summed E-state index contributed by atoms with van der Waals surface area (Å²) < 4.78 is 174. The molecule has 0 spiro atoms. The fourth-order valence-electron chi connectivity index (χ4n) is 8.76. The second-order valence-electron chi connectivity index (χ2n) is 17.0. The predicted octanol–water partition coefficient (Wildman–Crippen LogP) is 4.11. The summed E-state index contributed by atoms with van der Waals surface area (Å²) in [5, 5.41) is 3.92. The maximum atomic E-state index is 12.1. The van der Waals surface area contributed by atoms with Crippen LogP contribution in [-0.4, -0.2) is 64.9 Å². The van der Waals surface area contributed by atoms with Gasteiger partial charge in [0.2, 0.25) is 0 Å². The summed E-state index contributed by atoms with van der Waals surface area (Å²) in [5.41, 5.74) is 2.52. The van der Waals surface area contributed by atoms with Gasteiger partial charge < -0.3 is 0 Å². The number of rotatable bonds is 16. The molecule has 0 saturated heterocycles. The standard InChI is InChI=1S/C49H42N2O15P2S5/c1-36-2-4-39(5-3-36)67(40-6-16-45(17-7-40)69(52,53)54,41-8-18-46(19-9-41)70(55,56)57)34-50-30-26-37(27-31-50)38-28-32-51(33-29-38)35-68(42-10-20-47(21-11-42)71(58,59)60,43-12-22-48(23-13-43)72(61,62)63)44-14-24-49(25-15-44)73(64,65)66/h2-33,67H,34-35H2,1H3,(H2-3,52,53,54,55,56,57,58,59,60,61,62,63,64,65,66)/p+3. The monoisotopic (exact) mass is 1120 g/mol. The molecule has 2 aromatic heterocycles. The molecule has 0 saturated carbocycles. The molecule has 378 valence electrons. The van der Waals surface area contributed by atoms with Gasteiger partial charge in [-0.1, -0.05) is 0 Å². The van der Waals surface area contributed by atoms with Gasteiger partial charge in [-0.05, 0) is 72.8 Å². The van der Waals surface area contributed by atoms with Crippen LogP contribution in [0.3, 0.4) is 0 Å². The predicted molar refractivity (Wildman–Crippen MR) is 278 cm³/mol. The first-order valence-corrected chi connectivity index (χ1v) is 32.9. The third-order valence-corrected chi connectivity index (χ3v) is 25.9. The number of pyridine rings is 2.